The Morgan fingerprint density at radius 3 is 2.92 bits per heavy atom. The molecule has 0 aromatic heterocycles. The Balaban J connectivity index is 2.26. The predicted octanol–water partition coefficient (Wildman–Crippen LogP) is 0.182. The second kappa shape index (κ2) is 4.21. The van der Waals surface area contributed by atoms with Gasteiger partial charge in [-0.2, -0.15) is 0 Å². The molecule has 1 aliphatic heterocycles. The molecule has 1 atom stereocenters. The van der Waals surface area contributed by atoms with Crippen LogP contribution in [0.5, 0.6) is 0 Å². The summed E-state index contributed by atoms with van der Waals surface area (Å²) in [6.45, 7) is 5.63. The largest absolute Gasteiger partial charge is 0.389 e. The lowest BCUT2D eigenvalue weighted by molar-refractivity contribution is -0.0154. The van der Waals surface area contributed by atoms with Crippen LogP contribution in [-0.4, -0.2) is 41.8 Å². The van der Waals surface area contributed by atoms with E-state index in [9.17, 15) is 5.11 Å². The molecule has 0 amide bonds. The average molecular weight is 172 g/mol. The Bertz CT molecular complexity index is 136. The van der Waals surface area contributed by atoms with Crippen LogP contribution in [0.3, 0.4) is 0 Å². The van der Waals surface area contributed by atoms with Crippen LogP contribution < -0.4 is 5.73 Å². The number of likely N-dealkylation sites (tertiary alicyclic amines) is 1. The highest BCUT2D eigenvalue weighted by atomic mass is 16.3. The molecule has 0 radical (unpaired) electrons. The molecule has 0 aliphatic carbocycles. The number of β-amino-alcohol motifs (C(OH)–C–C–N with tert-alkyl or cyclic N) is 1. The van der Waals surface area contributed by atoms with Crippen LogP contribution >= 0.6 is 0 Å². The first-order chi connectivity index (χ1) is 5.64. The summed E-state index contributed by atoms with van der Waals surface area (Å²) in [5.74, 6) is 0. The van der Waals surface area contributed by atoms with Crippen molar-refractivity contribution in [3.63, 3.8) is 0 Å². The lowest BCUT2D eigenvalue weighted by atomic mass is 9.95. The standard InChI is InChI=1S/C9H20N2O/c1-9(12)4-2-6-11(8-9)7-3-5-10/h12H,2-8,10H2,1H3. The van der Waals surface area contributed by atoms with Crippen molar-refractivity contribution in [2.45, 2.75) is 31.8 Å². The highest BCUT2D eigenvalue weighted by molar-refractivity contribution is 4.82. The van der Waals surface area contributed by atoms with E-state index < -0.39 is 5.60 Å². The van der Waals surface area contributed by atoms with Crippen LogP contribution in [-0.2, 0) is 0 Å². The number of piperidine rings is 1. The third-order valence-electron chi connectivity index (χ3n) is 2.43. The van der Waals surface area contributed by atoms with Crippen molar-refractivity contribution in [1.29, 1.82) is 0 Å². The first-order valence-corrected chi connectivity index (χ1v) is 4.79. The second-order valence-corrected chi connectivity index (χ2v) is 4.02. The van der Waals surface area contributed by atoms with Crippen LogP contribution in [0.25, 0.3) is 0 Å². The van der Waals surface area contributed by atoms with Crippen LogP contribution in [0.4, 0.5) is 0 Å². The normalized spacial score (nSPS) is 32.2. The molecule has 0 saturated carbocycles. The SMILES string of the molecule is CC1(O)CCCN(CCCN)C1. The Kier molecular flexibility index (Phi) is 3.50. The number of hydrogen-bond donors (Lipinski definition) is 2. The molecular weight excluding hydrogens is 152 g/mol. The van der Waals surface area contributed by atoms with Gasteiger partial charge in [0.15, 0.2) is 0 Å². The fourth-order valence-electron chi connectivity index (χ4n) is 1.83. The van der Waals surface area contributed by atoms with Gasteiger partial charge in [0.25, 0.3) is 0 Å². The minimum atomic E-state index is -0.465. The van der Waals surface area contributed by atoms with Gasteiger partial charge in [-0.05, 0) is 45.8 Å². The third-order valence-corrected chi connectivity index (χ3v) is 2.43. The fourth-order valence-corrected chi connectivity index (χ4v) is 1.83. The van der Waals surface area contributed by atoms with Crippen molar-refractivity contribution in [2.24, 2.45) is 5.73 Å². The summed E-state index contributed by atoms with van der Waals surface area (Å²) < 4.78 is 0. The first kappa shape index (κ1) is 9.96. The van der Waals surface area contributed by atoms with Gasteiger partial charge >= 0.3 is 0 Å². The van der Waals surface area contributed by atoms with Crippen molar-refractivity contribution in [3.8, 4) is 0 Å². The zero-order valence-corrected chi connectivity index (χ0v) is 7.92. The van der Waals surface area contributed by atoms with Crippen LogP contribution in [0.15, 0.2) is 0 Å². The summed E-state index contributed by atoms with van der Waals surface area (Å²) in [6, 6.07) is 0. The predicted molar refractivity (Wildman–Crippen MR) is 50.0 cm³/mol. The lowest BCUT2D eigenvalue weighted by Gasteiger charge is -2.36. The quantitative estimate of drug-likeness (QED) is 0.638. The van der Waals surface area contributed by atoms with Crippen molar-refractivity contribution >= 4 is 0 Å². The molecule has 72 valence electrons. The molecule has 0 aromatic carbocycles. The molecule has 3 nitrogen and oxygen atoms in total. The smallest absolute Gasteiger partial charge is 0.0746 e. The van der Waals surface area contributed by atoms with Crippen molar-refractivity contribution in [3.05, 3.63) is 0 Å². The van der Waals surface area contributed by atoms with Gasteiger partial charge in [-0.3, -0.25) is 0 Å². The summed E-state index contributed by atoms with van der Waals surface area (Å²) >= 11 is 0. The summed E-state index contributed by atoms with van der Waals surface area (Å²) in [5.41, 5.74) is 4.96. The Hall–Kier alpha value is -0.120. The number of aliphatic hydroxyl groups is 1. The summed E-state index contributed by atoms with van der Waals surface area (Å²) in [5, 5.41) is 9.77. The highest BCUT2D eigenvalue weighted by Gasteiger charge is 2.27. The van der Waals surface area contributed by atoms with Crippen molar-refractivity contribution < 1.29 is 5.11 Å². The number of rotatable bonds is 3. The topological polar surface area (TPSA) is 49.5 Å². The zero-order valence-electron chi connectivity index (χ0n) is 7.92. The zero-order chi connectivity index (χ0) is 9.03. The van der Waals surface area contributed by atoms with Gasteiger partial charge in [-0.25, -0.2) is 0 Å². The monoisotopic (exact) mass is 172 g/mol. The third kappa shape index (κ3) is 3.09. The van der Waals surface area contributed by atoms with Gasteiger partial charge in [0.1, 0.15) is 0 Å². The van der Waals surface area contributed by atoms with Crippen molar-refractivity contribution in [2.75, 3.05) is 26.2 Å². The van der Waals surface area contributed by atoms with Gasteiger partial charge in [0, 0.05) is 6.54 Å². The van der Waals surface area contributed by atoms with E-state index in [2.05, 4.69) is 4.90 Å². The molecule has 1 unspecified atom stereocenters. The highest BCUT2D eigenvalue weighted by Crippen LogP contribution is 2.19. The van der Waals surface area contributed by atoms with Gasteiger partial charge in [0.2, 0.25) is 0 Å². The molecule has 0 bridgehead atoms. The number of nitrogens with two attached hydrogens (primary N) is 1. The van der Waals surface area contributed by atoms with E-state index in [1.54, 1.807) is 0 Å². The van der Waals surface area contributed by atoms with Crippen LogP contribution in [0.2, 0.25) is 0 Å². The van der Waals surface area contributed by atoms with E-state index in [1.165, 1.54) is 0 Å². The molecule has 3 N–H and O–H groups in total. The summed E-state index contributed by atoms with van der Waals surface area (Å²) in [6.07, 6.45) is 3.08. The van der Waals surface area contributed by atoms with E-state index in [-0.39, 0.29) is 0 Å². The molecule has 1 heterocycles. The fraction of sp³-hybridized carbons (Fsp3) is 1.00. The minimum absolute atomic E-state index is 0.465. The Morgan fingerprint density at radius 2 is 2.33 bits per heavy atom. The minimum Gasteiger partial charge on any atom is -0.389 e. The molecule has 1 saturated heterocycles. The average Bonchev–Trinajstić information content (AvgIpc) is 1.99. The maximum absolute atomic E-state index is 9.77. The maximum atomic E-state index is 9.77. The van der Waals surface area contributed by atoms with E-state index in [1.807, 2.05) is 6.92 Å². The maximum Gasteiger partial charge on any atom is 0.0746 e. The summed E-state index contributed by atoms with van der Waals surface area (Å²) in [4.78, 5) is 2.30. The van der Waals surface area contributed by atoms with Gasteiger partial charge in [-0.15, -0.1) is 0 Å². The van der Waals surface area contributed by atoms with Gasteiger partial charge in [0.05, 0.1) is 5.60 Å². The molecule has 1 rings (SSSR count). The van der Waals surface area contributed by atoms with E-state index >= 15 is 0 Å². The van der Waals surface area contributed by atoms with Crippen LogP contribution in [0.1, 0.15) is 26.2 Å². The van der Waals surface area contributed by atoms with E-state index in [0.29, 0.717) is 0 Å². The van der Waals surface area contributed by atoms with Crippen LogP contribution in [0, 0.1) is 0 Å². The molecular formula is C9H20N2O. The lowest BCUT2D eigenvalue weighted by Crippen LogP contribution is -2.46. The van der Waals surface area contributed by atoms with Gasteiger partial charge < -0.3 is 15.7 Å². The number of hydrogen-bond acceptors (Lipinski definition) is 3. The summed E-state index contributed by atoms with van der Waals surface area (Å²) in [7, 11) is 0. The molecule has 12 heavy (non-hydrogen) atoms. The molecule has 3 heteroatoms. The Labute approximate surface area is 74.5 Å². The molecule has 1 fully saturated rings. The van der Waals surface area contributed by atoms with Gasteiger partial charge in [-0.1, -0.05) is 0 Å². The second-order valence-electron chi connectivity index (χ2n) is 4.02. The molecule has 1 aliphatic rings. The van der Waals surface area contributed by atoms with E-state index in [0.717, 1.165) is 45.4 Å². The van der Waals surface area contributed by atoms with E-state index in [4.69, 9.17) is 5.73 Å². The van der Waals surface area contributed by atoms with Crippen molar-refractivity contribution in [1.82, 2.24) is 4.90 Å². The Morgan fingerprint density at radius 1 is 1.58 bits per heavy atom. The molecule has 0 spiro atoms. The number of nitrogens with zero attached hydrogens (tertiary/aromatic N) is 1. The first-order valence-electron chi connectivity index (χ1n) is 4.79. The molecule has 0 aromatic rings.